The molecule has 0 radical (unpaired) electrons. The molecule has 90 valence electrons. The van der Waals surface area contributed by atoms with Gasteiger partial charge in [-0.2, -0.15) is 0 Å². The van der Waals surface area contributed by atoms with E-state index in [4.69, 9.17) is 15.6 Å². The van der Waals surface area contributed by atoms with Crippen molar-refractivity contribution in [2.24, 2.45) is 5.73 Å². The standard InChI is InChI=1S/C13H21NO2/c1-9(2)11-5-4-10(3)13(6-11)16-8-12(14)7-15/h4-6,9,12,15H,7-8,14H2,1-3H3. The van der Waals surface area contributed by atoms with Crippen LogP contribution in [0.1, 0.15) is 30.9 Å². The zero-order valence-corrected chi connectivity index (χ0v) is 10.2. The predicted octanol–water partition coefficient (Wildman–Crippen LogP) is 1.82. The maximum atomic E-state index is 8.82. The first-order valence-corrected chi connectivity index (χ1v) is 5.64. The second-order valence-corrected chi connectivity index (χ2v) is 4.43. The number of benzene rings is 1. The summed E-state index contributed by atoms with van der Waals surface area (Å²) in [7, 11) is 0. The first kappa shape index (κ1) is 13.0. The van der Waals surface area contributed by atoms with Gasteiger partial charge in [0.15, 0.2) is 0 Å². The van der Waals surface area contributed by atoms with Gasteiger partial charge in [-0.15, -0.1) is 0 Å². The molecule has 0 aromatic heterocycles. The summed E-state index contributed by atoms with van der Waals surface area (Å²) in [6.45, 7) is 6.59. The van der Waals surface area contributed by atoms with Crippen molar-refractivity contribution in [3.63, 3.8) is 0 Å². The van der Waals surface area contributed by atoms with Crippen LogP contribution in [0.4, 0.5) is 0 Å². The van der Waals surface area contributed by atoms with Gasteiger partial charge in [-0.25, -0.2) is 0 Å². The van der Waals surface area contributed by atoms with Crippen LogP contribution in [-0.4, -0.2) is 24.4 Å². The molecular formula is C13H21NO2. The molecule has 0 heterocycles. The van der Waals surface area contributed by atoms with Crippen molar-refractivity contribution >= 4 is 0 Å². The Kier molecular flexibility index (Phi) is 4.77. The molecular weight excluding hydrogens is 202 g/mol. The minimum absolute atomic E-state index is 0.0527. The van der Waals surface area contributed by atoms with E-state index < -0.39 is 0 Å². The largest absolute Gasteiger partial charge is 0.492 e. The summed E-state index contributed by atoms with van der Waals surface area (Å²) in [6, 6.07) is 5.89. The van der Waals surface area contributed by atoms with E-state index in [0.29, 0.717) is 12.5 Å². The molecule has 3 heteroatoms. The number of nitrogens with two attached hydrogens (primary N) is 1. The quantitative estimate of drug-likeness (QED) is 0.800. The van der Waals surface area contributed by atoms with E-state index in [0.717, 1.165) is 11.3 Å². The molecule has 1 atom stereocenters. The van der Waals surface area contributed by atoms with Gasteiger partial charge in [0.25, 0.3) is 0 Å². The van der Waals surface area contributed by atoms with E-state index in [1.165, 1.54) is 5.56 Å². The van der Waals surface area contributed by atoms with E-state index in [9.17, 15) is 0 Å². The first-order valence-electron chi connectivity index (χ1n) is 5.64. The number of aliphatic hydroxyl groups is 1. The molecule has 3 N–H and O–H groups in total. The average molecular weight is 223 g/mol. The van der Waals surface area contributed by atoms with Gasteiger partial charge in [0.2, 0.25) is 0 Å². The zero-order valence-electron chi connectivity index (χ0n) is 10.2. The summed E-state index contributed by atoms with van der Waals surface area (Å²) in [5, 5.41) is 8.82. The van der Waals surface area contributed by atoms with Gasteiger partial charge in [0.1, 0.15) is 12.4 Å². The van der Waals surface area contributed by atoms with E-state index in [1.807, 2.05) is 13.0 Å². The smallest absolute Gasteiger partial charge is 0.122 e. The molecule has 1 aromatic rings. The van der Waals surface area contributed by atoms with Gasteiger partial charge in [0, 0.05) is 0 Å². The molecule has 0 saturated carbocycles. The Labute approximate surface area is 97.2 Å². The van der Waals surface area contributed by atoms with Crippen molar-refractivity contribution in [1.29, 1.82) is 0 Å². The van der Waals surface area contributed by atoms with Gasteiger partial charge in [-0.1, -0.05) is 26.0 Å². The van der Waals surface area contributed by atoms with E-state index in [-0.39, 0.29) is 12.6 Å². The third-order valence-electron chi connectivity index (χ3n) is 2.57. The normalized spacial score (nSPS) is 12.9. The van der Waals surface area contributed by atoms with Crippen LogP contribution in [0.25, 0.3) is 0 Å². The molecule has 0 aliphatic carbocycles. The lowest BCUT2D eigenvalue weighted by Gasteiger charge is -2.14. The van der Waals surface area contributed by atoms with Gasteiger partial charge in [-0.3, -0.25) is 0 Å². The van der Waals surface area contributed by atoms with Crippen molar-refractivity contribution in [2.75, 3.05) is 13.2 Å². The fourth-order valence-corrected chi connectivity index (χ4v) is 1.38. The van der Waals surface area contributed by atoms with Crippen LogP contribution in [0.3, 0.4) is 0 Å². The SMILES string of the molecule is Cc1ccc(C(C)C)cc1OCC(N)CO. The number of ether oxygens (including phenoxy) is 1. The minimum Gasteiger partial charge on any atom is -0.492 e. The molecule has 1 rings (SSSR count). The lowest BCUT2D eigenvalue weighted by molar-refractivity contribution is 0.206. The van der Waals surface area contributed by atoms with Crippen molar-refractivity contribution in [2.45, 2.75) is 32.7 Å². The number of aliphatic hydroxyl groups excluding tert-OH is 1. The highest BCUT2D eigenvalue weighted by Gasteiger charge is 2.06. The zero-order chi connectivity index (χ0) is 12.1. The average Bonchev–Trinajstić information content (AvgIpc) is 2.27. The van der Waals surface area contributed by atoms with Crippen molar-refractivity contribution < 1.29 is 9.84 Å². The number of rotatable bonds is 5. The van der Waals surface area contributed by atoms with Crippen LogP contribution in [0.2, 0.25) is 0 Å². The molecule has 0 aliphatic rings. The second kappa shape index (κ2) is 5.87. The lowest BCUT2D eigenvalue weighted by Crippen LogP contribution is -2.31. The number of aryl methyl sites for hydroxylation is 1. The van der Waals surface area contributed by atoms with Gasteiger partial charge in [0.05, 0.1) is 12.6 Å². The van der Waals surface area contributed by atoms with Gasteiger partial charge in [-0.05, 0) is 30.0 Å². The number of hydrogen-bond donors (Lipinski definition) is 2. The molecule has 1 unspecified atom stereocenters. The Morgan fingerprint density at radius 1 is 1.38 bits per heavy atom. The lowest BCUT2D eigenvalue weighted by atomic mass is 10.0. The third-order valence-corrected chi connectivity index (χ3v) is 2.57. The van der Waals surface area contributed by atoms with Crippen molar-refractivity contribution in [3.05, 3.63) is 29.3 Å². The summed E-state index contributed by atoms with van der Waals surface area (Å²) in [6.07, 6.45) is 0. The molecule has 0 amide bonds. The van der Waals surface area contributed by atoms with Crippen LogP contribution in [-0.2, 0) is 0 Å². The van der Waals surface area contributed by atoms with Gasteiger partial charge >= 0.3 is 0 Å². The van der Waals surface area contributed by atoms with Crippen LogP contribution in [0, 0.1) is 6.92 Å². The maximum absolute atomic E-state index is 8.82. The number of hydrogen-bond acceptors (Lipinski definition) is 3. The Morgan fingerprint density at radius 2 is 2.06 bits per heavy atom. The van der Waals surface area contributed by atoms with Crippen LogP contribution in [0.5, 0.6) is 5.75 Å². The molecule has 0 saturated heterocycles. The van der Waals surface area contributed by atoms with Crippen molar-refractivity contribution in [1.82, 2.24) is 0 Å². The molecule has 1 aromatic carbocycles. The molecule has 16 heavy (non-hydrogen) atoms. The van der Waals surface area contributed by atoms with Gasteiger partial charge < -0.3 is 15.6 Å². The topological polar surface area (TPSA) is 55.5 Å². The fourth-order valence-electron chi connectivity index (χ4n) is 1.38. The van der Waals surface area contributed by atoms with E-state index >= 15 is 0 Å². The predicted molar refractivity (Wildman–Crippen MR) is 65.8 cm³/mol. The fraction of sp³-hybridized carbons (Fsp3) is 0.538. The summed E-state index contributed by atoms with van der Waals surface area (Å²) < 4.78 is 5.60. The summed E-state index contributed by atoms with van der Waals surface area (Å²) >= 11 is 0. The maximum Gasteiger partial charge on any atom is 0.122 e. The van der Waals surface area contributed by atoms with E-state index in [2.05, 4.69) is 26.0 Å². The summed E-state index contributed by atoms with van der Waals surface area (Å²) in [4.78, 5) is 0. The van der Waals surface area contributed by atoms with Crippen molar-refractivity contribution in [3.8, 4) is 5.75 Å². The first-order chi connectivity index (χ1) is 7.54. The molecule has 0 fully saturated rings. The Morgan fingerprint density at radius 3 is 2.62 bits per heavy atom. The minimum atomic E-state index is -0.317. The highest BCUT2D eigenvalue weighted by molar-refractivity contribution is 5.37. The molecule has 0 aliphatic heterocycles. The molecule has 3 nitrogen and oxygen atoms in total. The Bertz CT molecular complexity index is 337. The monoisotopic (exact) mass is 223 g/mol. The molecule has 0 bridgehead atoms. The van der Waals surface area contributed by atoms with E-state index in [1.54, 1.807) is 0 Å². The highest BCUT2D eigenvalue weighted by atomic mass is 16.5. The van der Waals surface area contributed by atoms with Crippen LogP contribution >= 0.6 is 0 Å². The highest BCUT2D eigenvalue weighted by Crippen LogP contribution is 2.24. The van der Waals surface area contributed by atoms with Crippen LogP contribution < -0.4 is 10.5 Å². The summed E-state index contributed by atoms with van der Waals surface area (Å²) in [5.74, 6) is 1.34. The Hall–Kier alpha value is -1.06. The summed E-state index contributed by atoms with van der Waals surface area (Å²) in [5.41, 5.74) is 7.93. The second-order valence-electron chi connectivity index (χ2n) is 4.43. The van der Waals surface area contributed by atoms with Crippen LogP contribution in [0.15, 0.2) is 18.2 Å². The molecule has 0 spiro atoms. The third kappa shape index (κ3) is 3.51. The Balaban J connectivity index is 2.74.